The van der Waals surface area contributed by atoms with E-state index in [9.17, 15) is 14.9 Å². The second kappa shape index (κ2) is 5.77. The van der Waals surface area contributed by atoms with Gasteiger partial charge in [-0.25, -0.2) is 0 Å². The van der Waals surface area contributed by atoms with Crippen molar-refractivity contribution in [3.05, 3.63) is 28.3 Å². The summed E-state index contributed by atoms with van der Waals surface area (Å²) in [6, 6.07) is 4.32. The molecular weight excluding hydrogens is 264 g/mol. The van der Waals surface area contributed by atoms with Gasteiger partial charge in [0.05, 0.1) is 12.0 Å². The van der Waals surface area contributed by atoms with Crippen LogP contribution in [0.15, 0.2) is 18.2 Å². The molecule has 0 radical (unpaired) electrons. The molecule has 0 heterocycles. The first-order valence-electron chi connectivity index (χ1n) is 5.98. The van der Waals surface area contributed by atoms with Gasteiger partial charge in [0, 0.05) is 23.4 Å². The SMILES string of the molecule is COc1cc(N(CC(=O)O)C(C)(C)C)ccc1[N+](=O)[O-]. The number of aliphatic carboxylic acids is 1. The minimum atomic E-state index is -0.975. The third-order valence-electron chi connectivity index (χ3n) is 2.77. The number of nitro groups is 1. The second-order valence-electron chi connectivity index (χ2n) is 5.26. The monoisotopic (exact) mass is 282 g/mol. The molecule has 0 aromatic heterocycles. The number of benzene rings is 1. The van der Waals surface area contributed by atoms with Crippen LogP contribution in [0.5, 0.6) is 5.75 Å². The minimum absolute atomic E-state index is 0.104. The van der Waals surface area contributed by atoms with Crippen molar-refractivity contribution in [1.29, 1.82) is 0 Å². The van der Waals surface area contributed by atoms with Gasteiger partial charge >= 0.3 is 11.7 Å². The highest BCUT2D eigenvalue weighted by atomic mass is 16.6. The lowest BCUT2D eigenvalue weighted by Gasteiger charge is -2.36. The highest BCUT2D eigenvalue weighted by Crippen LogP contribution is 2.33. The predicted molar refractivity (Wildman–Crippen MR) is 74.4 cm³/mol. The van der Waals surface area contributed by atoms with E-state index in [1.165, 1.54) is 25.3 Å². The molecule has 0 spiro atoms. The largest absolute Gasteiger partial charge is 0.490 e. The number of nitro benzene ring substituents is 1. The van der Waals surface area contributed by atoms with E-state index in [0.29, 0.717) is 5.69 Å². The fourth-order valence-electron chi connectivity index (χ4n) is 1.84. The zero-order valence-electron chi connectivity index (χ0n) is 11.9. The summed E-state index contributed by atoms with van der Waals surface area (Å²) in [4.78, 5) is 22.9. The average molecular weight is 282 g/mol. The lowest BCUT2D eigenvalue weighted by Crippen LogP contribution is -2.44. The van der Waals surface area contributed by atoms with Crippen LogP contribution in [0, 0.1) is 10.1 Å². The quantitative estimate of drug-likeness (QED) is 0.658. The van der Waals surface area contributed by atoms with E-state index in [0.717, 1.165) is 0 Å². The van der Waals surface area contributed by atoms with Gasteiger partial charge in [-0.15, -0.1) is 0 Å². The Hall–Kier alpha value is -2.31. The van der Waals surface area contributed by atoms with Crippen LogP contribution in [0.25, 0.3) is 0 Å². The molecule has 1 rings (SSSR count). The minimum Gasteiger partial charge on any atom is -0.490 e. The summed E-state index contributed by atoms with van der Waals surface area (Å²) >= 11 is 0. The summed E-state index contributed by atoms with van der Waals surface area (Å²) in [6.45, 7) is 5.39. The third-order valence-corrected chi connectivity index (χ3v) is 2.77. The molecular formula is C13H18N2O5. The van der Waals surface area contributed by atoms with Crippen LogP contribution in [-0.4, -0.2) is 35.2 Å². The Balaban J connectivity index is 3.28. The first-order chi connectivity index (χ1) is 9.16. The first-order valence-corrected chi connectivity index (χ1v) is 5.98. The van der Waals surface area contributed by atoms with Crippen LogP contribution >= 0.6 is 0 Å². The molecule has 20 heavy (non-hydrogen) atoms. The number of methoxy groups -OCH3 is 1. The Morgan fingerprint density at radius 1 is 1.45 bits per heavy atom. The van der Waals surface area contributed by atoms with Gasteiger partial charge in [-0.2, -0.15) is 0 Å². The van der Waals surface area contributed by atoms with E-state index in [4.69, 9.17) is 9.84 Å². The molecule has 0 saturated heterocycles. The molecule has 110 valence electrons. The maximum absolute atomic E-state index is 11.0. The standard InChI is InChI=1S/C13H18N2O5/c1-13(2,3)14(8-12(16)17)9-5-6-10(15(18)19)11(7-9)20-4/h5-7H,8H2,1-4H3,(H,16,17). The average Bonchev–Trinajstić information content (AvgIpc) is 2.33. The van der Waals surface area contributed by atoms with Gasteiger partial charge in [0.15, 0.2) is 5.75 Å². The van der Waals surface area contributed by atoms with Gasteiger partial charge in [-0.3, -0.25) is 14.9 Å². The summed E-state index contributed by atoms with van der Waals surface area (Å²) < 4.78 is 5.00. The number of nitrogens with zero attached hydrogens (tertiary/aromatic N) is 2. The van der Waals surface area contributed by atoms with Crippen molar-refractivity contribution in [2.45, 2.75) is 26.3 Å². The van der Waals surface area contributed by atoms with Crippen LogP contribution < -0.4 is 9.64 Å². The van der Waals surface area contributed by atoms with E-state index < -0.39 is 16.4 Å². The van der Waals surface area contributed by atoms with Crippen molar-refractivity contribution in [1.82, 2.24) is 0 Å². The number of hydrogen-bond acceptors (Lipinski definition) is 5. The van der Waals surface area contributed by atoms with Gasteiger partial charge in [-0.05, 0) is 26.8 Å². The highest BCUT2D eigenvalue weighted by molar-refractivity contribution is 5.75. The lowest BCUT2D eigenvalue weighted by molar-refractivity contribution is -0.385. The molecule has 1 aromatic carbocycles. The van der Waals surface area contributed by atoms with Crippen LogP contribution in [0.4, 0.5) is 11.4 Å². The zero-order chi connectivity index (χ0) is 15.5. The fourth-order valence-corrected chi connectivity index (χ4v) is 1.84. The van der Waals surface area contributed by atoms with Crippen molar-refractivity contribution < 1.29 is 19.6 Å². The molecule has 7 heteroatoms. The van der Waals surface area contributed by atoms with Crippen LogP contribution in [0.3, 0.4) is 0 Å². The maximum atomic E-state index is 11.0. The number of rotatable bonds is 5. The molecule has 0 aliphatic heterocycles. The maximum Gasteiger partial charge on any atom is 0.323 e. The Morgan fingerprint density at radius 3 is 2.45 bits per heavy atom. The first kappa shape index (κ1) is 15.7. The van der Waals surface area contributed by atoms with Crippen LogP contribution in [-0.2, 0) is 4.79 Å². The number of carboxylic acid groups (broad SMARTS) is 1. The molecule has 1 N–H and O–H groups in total. The van der Waals surface area contributed by atoms with Gasteiger partial charge in [0.1, 0.15) is 6.54 Å². The molecule has 0 bridgehead atoms. The summed E-state index contributed by atoms with van der Waals surface area (Å²) in [7, 11) is 1.34. The van der Waals surface area contributed by atoms with Gasteiger partial charge < -0.3 is 14.7 Å². The molecule has 1 aromatic rings. The number of anilines is 1. The molecule has 0 unspecified atom stereocenters. The van der Waals surface area contributed by atoms with Crippen molar-refractivity contribution in [3.8, 4) is 5.75 Å². The van der Waals surface area contributed by atoms with E-state index >= 15 is 0 Å². The fraction of sp³-hybridized carbons (Fsp3) is 0.462. The van der Waals surface area contributed by atoms with Crippen molar-refractivity contribution in [2.75, 3.05) is 18.6 Å². The molecule has 7 nitrogen and oxygen atoms in total. The second-order valence-corrected chi connectivity index (χ2v) is 5.26. The normalized spacial score (nSPS) is 11.0. The number of ether oxygens (including phenoxy) is 1. The number of carboxylic acids is 1. The van der Waals surface area contributed by atoms with E-state index in [-0.39, 0.29) is 18.0 Å². The molecule has 0 aliphatic carbocycles. The molecule has 0 fully saturated rings. The van der Waals surface area contributed by atoms with Crippen LogP contribution in [0.1, 0.15) is 20.8 Å². The van der Waals surface area contributed by atoms with Crippen molar-refractivity contribution >= 4 is 17.3 Å². The molecule has 0 amide bonds. The Labute approximate surface area is 116 Å². The summed E-state index contributed by atoms with van der Waals surface area (Å²) in [5.74, 6) is -0.871. The Kier molecular flexibility index (Phi) is 4.54. The van der Waals surface area contributed by atoms with E-state index in [1.807, 2.05) is 20.8 Å². The van der Waals surface area contributed by atoms with Crippen LogP contribution in [0.2, 0.25) is 0 Å². The lowest BCUT2D eigenvalue weighted by atomic mass is 10.0. The predicted octanol–water partition coefficient (Wildman–Crippen LogP) is 2.29. The van der Waals surface area contributed by atoms with Crippen molar-refractivity contribution in [3.63, 3.8) is 0 Å². The molecule has 0 aliphatic rings. The molecule has 0 saturated carbocycles. The number of hydrogen-bond donors (Lipinski definition) is 1. The Morgan fingerprint density at radius 2 is 2.05 bits per heavy atom. The van der Waals surface area contributed by atoms with E-state index in [1.54, 1.807) is 4.90 Å². The smallest absolute Gasteiger partial charge is 0.323 e. The summed E-state index contributed by atoms with van der Waals surface area (Å²) in [5, 5.41) is 19.9. The third kappa shape index (κ3) is 3.59. The van der Waals surface area contributed by atoms with Gasteiger partial charge in [-0.1, -0.05) is 0 Å². The number of carbonyl (C=O) groups is 1. The zero-order valence-corrected chi connectivity index (χ0v) is 11.9. The summed E-state index contributed by atoms with van der Waals surface area (Å²) in [6.07, 6.45) is 0. The topological polar surface area (TPSA) is 92.9 Å². The van der Waals surface area contributed by atoms with Gasteiger partial charge in [0.2, 0.25) is 0 Å². The summed E-state index contributed by atoms with van der Waals surface area (Å²) in [5.41, 5.74) is -0.0396. The Bertz CT molecular complexity index is 522. The van der Waals surface area contributed by atoms with E-state index in [2.05, 4.69) is 0 Å². The molecule has 0 atom stereocenters. The van der Waals surface area contributed by atoms with Gasteiger partial charge in [0.25, 0.3) is 0 Å². The van der Waals surface area contributed by atoms with Crippen molar-refractivity contribution in [2.24, 2.45) is 0 Å². The highest BCUT2D eigenvalue weighted by Gasteiger charge is 2.26.